The average Bonchev–Trinajstić information content (AvgIpc) is 3.02. The Morgan fingerprint density at radius 1 is 1.09 bits per heavy atom. The second-order valence-electron chi connectivity index (χ2n) is 10.4. The highest BCUT2D eigenvalue weighted by molar-refractivity contribution is 7.99. The summed E-state index contributed by atoms with van der Waals surface area (Å²) < 4.78 is 16.7. The number of carbonyl (C=O) groups excluding carboxylic acids is 3. The van der Waals surface area contributed by atoms with Crippen molar-refractivity contribution < 1.29 is 43.9 Å². The number of Topliss-reactive ketones (excluding diaryl/α,β-unsaturated/α-hetero) is 1. The molecule has 1 heterocycles. The number of ketones is 1. The van der Waals surface area contributed by atoms with E-state index in [1.807, 2.05) is 42.5 Å². The topological polar surface area (TPSA) is 178 Å². The van der Waals surface area contributed by atoms with Gasteiger partial charge in [0.05, 0.1) is 32.0 Å². The zero-order valence-electron chi connectivity index (χ0n) is 24.5. The third-order valence-electron chi connectivity index (χ3n) is 7.18. The zero-order chi connectivity index (χ0) is 31.4. The number of nitrogens with one attached hydrogen (secondary N) is 1. The van der Waals surface area contributed by atoms with Crippen molar-refractivity contribution in [3.8, 4) is 11.1 Å². The summed E-state index contributed by atoms with van der Waals surface area (Å²) in [7, 11) is 1.14. The number of methoxy groups -OCH3 is 1. The van der Waals surface area contributed by atoms with Crippen LogP contribution in [0.4, 0.5) is 0 Å². The highest BCUT2D eigenvalue weighted by atomic mass is 32.2. The number of hydrogen-bond acceptors (Lipinski definition) is 11. The van der Waals surface area contributed by atoms with Crippen molar-refractivity contribution in [2.45, 2.75) is 68.9 Å². The number of rotatable bonds is 16. The van der Waals surface area contributed by atoms with Crippen LogP contribution in [0, 0.1) is 0 Å². The number of nitrogens with two attached hydrogens (primary N) is 1. The molecule has 1 saturated heterocycles. The summed E-state index contributed by atoms with van der Waals surface area (Å²) in [6, 6.07) is 15.6. The fourth-order valence-electron chi connectivity index (χ4n) is 4.97. The fourth-order valence-corrected chi connectivity index (χ4v) is 5.66. The first kappa shape index (κ1) is 34.6. The van der Waals surface area contributed by atoms with Gasteiger partial charge in [-0.1, -0.05) is 54.6 Å². The number of aliphatic hydroxyl groups excluding tert-OH is 3. The van der Waals surface area contributed by atoms with E-state index in [0.717, 1.165) is 24.0 Å². The monoisotopic (exact) mass is 618 g/mol. The van der Waals surface area contributed by atoms with Crippen LogP contribution in [0.25, 0.3) is 11.1 Å². The third kappa shape index (κ3) is 9.57. The van der Waals surface area contributed by atoms with Gasteiger partial charge in [-0.15, -0.1) is 0 Å². The number of thioether (sulfide) groups is 1. The predicted molar refractivity (Wildman–Crippen MR) is 162 cm³/mol. The Labute approximate surface area is 256 Å². The normalized spacial score (nSPS) is 23.3. The molecule has 0 aromatic heterocycles. The fraction of sp³-hybridized carbons (Fsp3) is 0.516. The van der Waals surface area contributed by atoms with Crippen LogP contribution in [0.2, 0.25) is 0 Å². The summed E-state index contributed by atoms with van der Waals surface area (Å²) in [4.78, 5) is 37.7. The van der Waals surface area contributed by atoms with Crippen molar-refractivity contribution in [3.05, 3.63) is 60.2 Å². The number of ether oxygens (including phenoxy) is 3. The van der Waals surface area contributed by atoms with Gasteiger partial charge in [0.2, 0.25) is 5.91 Å². The van der Waals surface area contributed by atoms with Gasteiger partial charge in [-0.05, 0) is 29.7 Å². The molecule has 2 aromatic rings. The third-order valence-corrected chi connectivity index (χ3v) is 8.28. The molecule has 0 bridgehead atoms. The van der Waals surface area contributed by atoms with Gasteiger partial charge in [0.15, 0.2) is 5.78 Å². The summed E-state index contributed by atoms with van der Waals surface area (Å²) in [5.41, 5.74) is 7.93. The van der Waals surface area contributed by atoms with E-state index in [1.54, 1.807) is 23.9 Å². The number of aliphatic hydroxyl groups is 3. The van der Waals surface area contributed by atoms with Crippen molar-refractivity contribution in [3.63, 3.8) is 0 Å². The van der Waals surface area contributed by atoms with Crippen molar-refractivity contribution in [1.29, 1.82) is 0 Å². The number of benzene rings is 2. The summed E-state index contributed by atoms with van der Waals surface area (Å²) >= 11 is 1.62. The first-order valence-corrected chi connectivity index (χ1v) is 15.4. The maximum Gasteiger partial charge on any atom is 0.366 e. The lowest BCUT2D eigenvalue weighted by Gasteiger charge is -2.47. The van der Waals surface area contributed by atoms with Gasteiger partial charge in [0.25, 0.3) is 5.79 Å². The summed E-state index contributed by atoms with van der Waals surface area (Å²) in [5, 5.41) is 35.6. The lowest BCUT2D eigenvalue weighted by atomic mass is 9.87. The molecule has 1 unspecified atom stereocenters. The maximum absolute atomic E-state index is 12.9. The second-order valence-corrected chi connectivity index (χ2v) is 11.6. The minimum atomic E-state index is -2.08. The Morgan fingerprint density at radius 3 is 2.40 bits per heavy atom. The van der Waals surface area contributed by atoms with E-state index in [0.29, 0.717) is 24.3 Å². The average molecular weight is 619 g/mol. The lowest BCUT2D eigenvalue weighted by Crippen LogP contribution is -2.67. The van der Waals surface area contributed by atoms with E-state index in [2.05, 4.69) is 5.32 Å². The molecule has 2 aromatic carbocycles. The SMILES string of the molecule is COC(=O)[C@@]1(OCCCSCCN)C[C@@H](O)[C@H](NC(C)=O)C([C@H](O)[C@H](O)CCC(=O)c2ccc(-c3ccccc3)cc2)O1. The van der Waals surface area contributed by atoms with Crippen LogP contribution in [0.15, 0.2) is 54.6 Å². The zero-order valence-corrected chi connectivity index (χ0v) is 25.3. The van der Waals surface area contributed by atoms with Crippen LogP contribution in [0.1, 0.15) is 43.0 Å². The highest BCUT2D eigenvalue weighted by Crippen LogP contribution is 2.35. The van der Waals surface area contributed by atoms with Crippen LogP contribution >= 0.6 is 11.8 Å². The van der Waals surface area contributed by atoms with E-state index in [1.165, 1.54) is 6.92 Å². The van der Waals surface area contributed by atoms with Gasteiger partial charge in [-0.25, -0.2) is 4.79 Å². The van der Waals surface area contributed by atoms with Crippen LogP contribution in [-0.4, -0.2) is 101 Å². The minimum absolute atomic E-state index is 0.0765. The lowest BCUT2D eigenvalue weighted by molar-refractivity contribution is -0.311. The molecule has 1 aliphatic rings. The van der Waals surface area contributed by atoms with E-state index >= 15 is 0 Å². The number of amides is 1. The van der Waals surface area contributed by atoms with E-state index < -0.39 is 48.1 Å². The molecule has 0 aliphatic carbocycles. The van der Waals surface area contributed by atoms with Crippen LogP contribution < -0.4 is 11.1 Å². The summed E-state index contributed by atoms with van der Waals surface area (Å²) in [6.45, 7) is 1.84. The first-order valence-electron chi connectivity index (χ1n) is 14.3. The summed E-state index contributed by atoms with van der Waals surface area (Å²) in [5.74, 6) is -2.29. The van der Waals surface area contributed by atoms with Gasteiger partial charge in [0.1, 0.15) is 12.2 Å². The van der Waals surface area contributed by atoms with Crippen LogP contribution in [0.3, 0.4) is 0 Å². The Kier molecular flexibility index (Phi) is 13.6. The van der Waals surface area contributed by atoms with Gasteiger partial charge in [0, 0.05) is 37.6 Å². The van der Waals surface area contributed by atoms with Crippen molar-refractivity contribution >= 4 is 29.4 Å². The Balaban J connectivity index is 1.70. The van der Waals surface area contributed by atoms with Crippen molar-refractivity contribution in [2.24, 2.45) is 5.73 Å². The minimum Gasteiger partial charge on any atom is -0.465 e. The van der Waals surface area contributed by atoms with Crippen LogP contribution in [0.5, 0.6) is 0 Å². The molecule has 1 amide bonds. The van der Waals surface area contributed by atoms with Crippen LogP contribution in [-0.2, 0) is 23.8 Å². The number of esters is 1. The van der Waals surface area contributed by atoms with Gasteiger partial charge >= 0.3 is 5.97 Å². The molecule has 1 aliphatic heterocycles. The molecule has 0 spiro atoms. The molecular weight excluding hydrogens is 576 g/mol. The first-order chi connectivity index (χ1) is 20.6. The van der Waals surface area contributed by atoms with Gasteiger partial charge in [-0.2, -0.15) is 11.8 Å². The predicted octanol–water partition coefficient (Wildman–Crippen LogP) is 1.66. The summed E-state index contributed by atoms with van der Waals surface area (Å²) in [6.07, 6.45) is -6.13. The number of carbonyl (C=O) groups is 3. The number of hydrogen-bond donors (Lipinski definition) is 5. The molecule has 6 atom stereocenters. The van der Waals surface area contributed by atoms with Crippen molar-refractivity contribution in [1.82, 2.24) is 5.32 Å². The van der Waals surface area contributed by atoms with Gasteiger partial charge < -0.3 is 40.6 Å². The molecule has 1 fully saturated rings. The molecule has 12 heteroatoms. The molecule has 6 N–H and O–H groups in total. The van der Waals surface area contributed by atoms with Gasteiger partial charge in [-0.3, -0.25) is 9.59 Å². The molecule has 0 saturated carbocycles. The second kappa shape index (κ2) is 16.9. The highest BCUT2D eigenvalue weighted by Gasteiger charge is 2.56. The standard InChI is InChI=1S/C31H42N2O9S/c1-20(34)33-27-26(37)19-31(30(39)40-2,41-16-6-17-43-18-15-32)42-29(27)28(38)25(36)14-13-24(35)23-11-9-22(10-12-23)21-7-4-3-5-8-21/h3-5,7-12,25-29,36-38H,6,13-19,32H2,1-2H3,(H,33,34)/t25-,26-,27+,28-,29?,31-/m1/s1. The van der Waals surface area contributed by atoms with Crippen molar-refractivity contribution in [2.75, 3.05) is 31.8 Å². The largest absolute Gasteiger partial charge is 0.465 e. The molecule has 11 nitrogen and oxygen atoms in total. The molecule has 3 rings (SSSR count). The molecule has 236 valence electrons. The van der Waals surface area contributed by atoms with E-state index in [9.17, 15) is 29.7 Å². The maximum atomic E-state index is 12.9. The Morgan fingerprint density at radius 2 is 1.77 bits per heavy atom. The Hall–Kier alpha value is -2.84. The molecular formula is C31H42N2O9S. The quantitative estimate of drug-likeness (QED) is 0.105. The molecule has 43 heavy (non-hydrogen) atoms. The molecule has 0 radical (unpaired) electrons. The van der Waals surface area contributed by atoms with E-state index in [4.69, 9.17) is 19.9 Å². The van der Waals surface area contributed by atoms with E-state index in [-0.39, 0.29) is 31.7 Å². The smallest absolute Gasteiger partial charge is 0.366 e. The Bertz CT molecular complexity index is 1180.